The second kappa shape index (κ2) is 6.44. The lowest BCUT2D eigenvalue weighted by Gasteiger charge is -2.14. The minimum Gasteiger partial charge on any atom is -0.331 e. The van der Waals surface area contributed by atoms with Crippen molar-refractivity contribution in [2.75, 3.05) is 12.4 Å². The Morgan fingerprint density at radius 1 is 1.45 bits per heavy atom. The lowest BCUT2D eigenvalue weighted by molar-refractivity contribution is 0.358. The lowest BCUT2D eigenvalue weighted by Crippen LogP contribution is -1.97. The van der Waals surface area contributed by atoms with Crippen molar-refractivity contribution in [3.8, 4) is 0 Å². The van der Waals surface area contributed by atoms with Crippen LogP contribution >= 0.6 is 17.0 Å². The van der Waals surface area contributed by atoms with E-state index in [4.69, 9.17) is 21.8 Å². The van der Waals surface area contributed by atoms with Crippen LogP contribution in [0, 0.1) is 0 Å². The molecule has 0 saturated carbocycles. The van der Waals surface area contributed by atoms with Crippen molar-refractivity contribution in [2.24, 2.45) is 5.50 Å². The Bertz CT molecular complexity index is 131. The van der Waals surface area contributed by atoms with Crippen molar-refractivity contribution in [1.82, 2.24) is 0 Å². The Hall–Kier alpha value is 0.920. The summed E-state index contributed by atoms with van der Waals surface area (Å²) in [7, 11) is 0. The van der Waals surface area contributed by atoms with E-state index >= 15 is 0 Å². The second-order valence-electron chi connectivity index (χ2n) is 2.21. The zero-order valence-electron chi connectivity index (χ0n) is 7.08. The molecule has 0 aromatic carbocycles. The highest BCUT2D eigenvalue weighted by atomic mass is 32.9. The molecule has 0 radical (unpaired) electrons. The molecule has 1 unspecified atom stereocenters. The molecule has 0 rings (SSSR count). The topological polar surface area (TPSA) is 35.2 Å². The first kappa shape index (κ1) is 11.9. The first-order chi connectivity index (χ1) is 5.12. The van der Waals surface area contributed by atoms with Gasteiger partial charge in [0, 0.05) is 5.75 Å². The van der Waals surface area contributed by atoms with Gasteiger partial charge < -0.3 is 4.52 Å². The highest BCUT2D eigenvalue weighted by Gasteiger charge is 2.09. The summed E-state index contributed by atoms with van der Waals surface area (Å²) in [5.74, 6) is 1.01. The van der Waals surface area contributed by atoms with E-state index in [0.29, 0.717) is 6.61 Å². The summed E-state index contributed by atoms with van der Waals surface area (Å²) in [6.45, 7) is 4.87. The third-order valence-corrected chi connectivity index (χ3v) is 5.65. The molecule has 0 aromatic rings. The van der Waals surface area contributed by atoms with Gasteiger partial charge in [0.15, 0.2) is 5.62 Å². The quantitative estimate of drug-likeness (QED) is 0.688. The Morgan fingerprint density at radius 3 is 2.55 bits per heavy atom. The van der Waals surface area contributed by atoms with Gasteiger partial charge in [-0.25, -0.2) is 0 Å². The van der Waals surface area contributed by atoms with Crippen molar-refractivity contribution in [1.29, 1.82) is 0 Å². The predicted octanol–water partition coefficient (Wildman–Crippen LogP) is 2.74. The molecule has 5 heteroatoms. The van der Waals surface area contributed by atoms with E-state index in [0.717, 1.165) is 18.6 Å². The average molecular weight is 213 g/mol. The lowest BCUT2D eigenvalue weighted by atomic mass is 10.5. The van der Waals surface area contributed by atoms with Crippen molar-refractivity contribution in [3.63, 3.8) is 0 Å². The van der Waals surface area contributed by atoms with Gasteiger partial charge in [0.1, 0.15) is 0 Å². The maximum atomic E-state index is 5.76. The van der Waals surface area contributed by atoms with Gasteiger partial charge in [-0.3, -0.25) is 5.50 Å². The van der Waals surface area contributed by atoms with Gasteiger partial charge in [0.25, 0.3) is 0 Å². The summed E-state index contributed by atoms with van der Waals surface area (Å²) < 4.78 is 5.35. The molecule has 2 nitrogen and oxygen atoms in total. The number of rotatable bonds is 6. The molecular formula is C6H16NOPS2. The standard InChI is InChI=1S/C6H16NOPS2/c1-3-5-8-9(7,10)11-6-4-2/h3-6H2,1-2H3,(H2,7,10). The minimum absolute atomic E-state index is 0.699. The van der Waals surface area contributed by atoms with Gasteiger partial charge in [-0.2, -0.15) is 0 Å². The Labute approximate surface area is 78.2 Å². The fourth-order valence-corrected chi connectivity index (χ4v) is 4.08. The molecule has 0 aliphatic heterocycles. The molecule has 0 spiro atoms. The van der Waals surface area contributed by atoms with Crippen molar-refractivity contribution in [3.05, 3.63) is 0 Å². The first-order valence-corrected chi connectivity index (χ1v) is 8.18. The highest BCUT2D eigenvalue weighted by molar-refractivity contribution is 8.68. The van der Waals surface area contributed by atoms with Crippen LogP contribution in [0.25, 0.3) is 0 Å². The van der Waals surface area contributed by atoms with E-state index < -0.39 is 5.62 Å². The van der Waals surface area contributed by atoms with Crippen LogP contribution in [0.4, 0.5) is 0 Å². The van der Waals surface area contributed by atoms with Crippen LogP contribution in [0.5, 0.6) is 0 Å². The Morgan fingerprint density at radius 2 is 2.09 bits per heavy atom. The molecule has 0 saturated heterocycles. The van der Waals surface area contributed by atoms with Crippen molar-refractivity contribution >= 4 is 28.8 Å². The normalized spacial score (nSPS) is 16.3. The van der Waals surface area contributed by atoms with Crippen LogP contribution in [0.1, 0.15) is 26.7 Å². The van der Waals surface area contributed by atoms with E-state index in [9.17, 15) is 0 Å². The molecule has 0 aliphatic rings. The molecule has 0 heterocycles. The SMILES string of the molecule is CCCOP(N)(=S)SCCC. The predicted molar refractivity (Wildman–Crippen MR) is 57.5 cm³/mol. The third-order valence-electron chi connectivity index (χ3n) is 0.951. The van der Waals surface area contributed by atoms with E-state index in [1.54, 1.807) is 11.4 Å². The van der Waals surface area contributed by atoms with E-state index in [1.165, 1.54) is 0 Å². The molecular weight excluding hydrogens is 197 g/mol. The van der Waals surface area contributed by atoms with Crippen LogP contribution in [0.3, 0.4) is 0 Å². The van der Waals surface area contributed by atoms with Crippen LogP contribution in [-0.2, 0) is 16.3 Å². The number of hydrogen-bond donors (Lipinski definition) is 1. The molecule has 0 aliphatic carbocycles. The summed E-state index contributed by atoms with van der Waals surface area (Å²) in [5.41, 5.74) is 3.78. The Kier molecular flexibility index (Phi) is 6.98. The van der Waals surface area contributed by atoms with Gasteiger partial charge in [-0.1, -0.05) is 25.2 Å². The second-order valence-corrected chi connectivity index (χ2v) is 8.93. The van der Waals surface area contributed by atoms with E-state index in [1.807, 2.05) is 0 Å². The average Bonchev–Trinajstić information content (AvgIpc) is 1.97. The fraction of sp³-hybridized carbons (Fsp3) is 1.00. The zero-order chi connectivity index (χ0) is 8.74. The molecule has 2 N–H and O–H groups in total. The minimum atomic E-state index is -1.98. The van der Waals surface area contributed by atoms with Crippen LogP contribution < -0.4 is 5.50 Å². The zero-order valence-corrected chi connectivity index (χ0v) is 9.61. The van der Waals surface area contributed by atoms with Gasteiger partial charge in [-0.15, -0.1) is 0 Å². The fourth-order valence-electron chi connectivity index (χ4n) is 0.474. The summed E-state index contributed by atoms with van der Waals surface area (Å²) in [6.07, 6.45) is 2.10. The molecule has 11 heavy (non-hydrogen) atoms. The van der Waals surface area contributed by atoms with E-state index in [-0.39, 0.29) is 0 Å². The van der Waals surface area contributed by atoms with Gasteiger partial charge in [0.2, 0.25) is 0 Å². The van der Waals surface area contributed by atoms with Crippen LogP contribution in [-0.4, -0.2) is 12.4 Å². The van der Waals surface area contributed by atoms with Gasteiger partial charge >= 0.3 is 0 Å². The third kappa shape index (κ3) is 7.29. The summed E-state index contributed by atoms with van der Waals surface area (Å²) in [4.78, 5) is 0. The summed E-state index contributed by atoms with van der Waals surface area (Å²) in [5, 5.41) is 0. The monoisotopic (exact) mass is 213 g/mol. The highest BCUT2D eigenvalue weighted by Crippen LogP contribution is 2.52. The molecule has 68 valence electrons. The molecule has 0 bridgehead atoms. The van der Waals surface area contributed by atoms with Crippen molar-refractivity contribution < 1.29 is 4.52 Å². The van der Waals surface area contributed by atoms with Crippen molar-refractivity contribution in [2.45, 2.75) is 26.7 Å². The molecule has 0 amide bonds. The summed E-state index contributed by atoms with van der Waals surface area (Å²) >= 11 is 6.70. The van der Waals surface area contributed by atoms with Gasteiger partial charge in [-0.05, 0) is 24.6 Å². The van der Waals surface area contributed by atoms with Gasteiger partial charge in [0.05, 0.1) is 6.61 Å². The van der Waals surface area contributed by atoms with Crippen LogP contribution in [0.15, 0.2) is 0 Å². The molecule has 0 aromatic heterocycles. The molecule has 1 atom stereocenters. The Balaban J connectivity index is 3.53. The maximum absolute atomic E-state index is 5.76. The van der Waals surface area contributed by atoms with Crippen LogP contribution in [0.2, 0.25) is 0 Å². The summed E-state index contributed by atoms with van der Waals surface area (Å²) in [6, 6.07) is 0. The smallest absolute Gasteiger partial charge is 0.183 e. The number of hydrogen-bond acceptors (Lipinski definition) is 3. The number of nitrogens with two attached hydrogens (primary N) is 1. The first-order valence-electron chi connectivity index (χ1n) is 3.80. The van der Waals surface area contributed by atoms with E-state index in [2.05, 4.69) is 13.8 Å². The maximum Gasteiger partial charge on any atom is 0.183 e. The largest absolute Gasteiger partial charge is 0.331 e. The molecule has 0 fully saturated rings.